The van der Waals surface area contributed by atoms with Gasteiger partial charge in [-0.05, 0) is 32.2 Å². The standard InChI is InChI=1S/C14H22N4O/c1-10-9-18(7-6-17(10)3)13-5-4-11(8-12(13)15)14(19)16-2/h4-5,8,10H,6-7,9,15H2,1-3H3,(H,16,19). The molecule has 1 heterocycles. The van der Waals surface area contributed by atoms with Gasteiger partial charge in [0.15, 0.2) is 0 Å². The molecule has 3 N–H and O–H groups in total. The fourth-order valence-electron chi connectivity index (χ4n) is 2.40. The topological polar surface area (TPSA) is 61.6 Å². The third-order valence-corrected chi connectivity index (χ3v) is 3.82. The molecule has 0 radical (unpaired) electrons. The molecule has 5 heteroatoms. The molecule has 1 atom stereocenters. The number of nitrogens with two attached hydrogens (primary N) is 1. The predicted molar refractivity (Wildman–Crippen MR) is 78.5 cm³/mol. The number of rotatable bonds is 2. The van der Waals surface area contributed by atoms with E-state index in [4.69, 9.17) is 5.73 Å². The highest BCUT2D eigenvalue weighted by Crippen LogP contribution is 2.26. The first-order valence-electron chi connectivity index (χ1n) is 6.59. The highest BCUT2D eigenvalue weighted by molar-refractivity contribution is 5.96. The Balaban J connectivity index is 2.19. The van der Waals surface area contributed by atoms with E-state index in [0.717, 1.165) is 25.3 Å². The van der Waals surface area contributed by atoms with E-state index in [1.165, 1.54) is 0 Å². The zero-order chi connectivity index (χ0) is 14.0. The number of nitrogens with zero attached hydrogens (tertiary/aromatic N) is 2. The highest BCUT2D eigenvalue weighted by Gasteiger charge is 2.22. The van der Waals surface area contributed by atoms with Gasteiger partial charge in [-0.15, -0.1) is 0 Å². The van der Waals surface area contributed by atoms with Crippen LogP contribution in [-0.4, -0.2) is 50.6 Å². The molecule has 1 aliphatic heterocycles. The third-order valence-electron chi connectivity index (χ3n) is 3.82. The fourth-order valence-corrected chi connectivity index (χ4v) is 2.40. The van der Waals surface area contributed by atoms with E-state index >= 15 is 0 Å². The van der Waals surface area contributed by atoms with Crippen LogP contribution in [-0.2, 0) is 0 Å². The highest BCUT2D eigenvalue weighted by atomic mass is 16.1. The summed E-state index contributed by atoms with van der Waals surface area (Å²) in [6, 6.07) is 6.02. The average molecular weight is 262 g/mol. The summed E-state index contributed by atoms with van der Waals surface area (Å²) in [6.45, 7) is 5.16. The lowest BCUT2D eigenvalue weighted by Gasteiger charge is -2.39. The number of nitrogen functional groups attached to an aromatic ring is 1. The lowest BCUT2D eigenvalue weighted by molar-refractivity contribution is 0.0963. The van der Waals surface area contributed by atoms with Crippen molar-refractivity contribution in [1.29, 1.82) is 0 Å². The van der Waals surface area contributed by atoms with E-state index in [1.54, 1.807) is 13.1 Å². The molecule has 1 amide bonds. The van der Waals surface area contributed by atoms with Crippen molar-refractivity contribution in [1.82, 2.24) is 10.2 Å². The number of nitrogens with one attached hydrogen (secondary N) is 1. The number of hydrogen-bond acceptors (Lipinski definition) is 4. The summed E-state index contributed by atoms with van der Waals surface area (Å²) >= 11 is 0. The SMILES string of the molecule is CNC(=O)c1ccc(N2CCN(C)C(C)C2)c(N)c1. The maximum absolute atomic E-state index is 11.6. The van der Waals surface area contributed by atoms with Gasteiger partial charge in [0.1, 0.15) is 0 Å². The van der Waals surface area contributed by atoms with E-state index < -0.39 is 0 Å². The van der Waals surface area contributed by atoms with Gasteiger partial charge in [-0.3, -0.25) is 4.79 Å². The Morgan fingerprint density at radius 1 is 1.42 bits per heavy atom. The Labute approximate surface area is 114 Å². The molecular formula is C14H22N4O. The molecule has 0 aliphatic carbocycles. The van der Waals surface area contributed by atoms with Crippen molar-refractivity contribution in [3.63, 3.8) is 0 Å². The summed E-state index contributed by atoms with van der Waals surface area (Å²) in [7, 11) is 3.76. The lowest BCUT2D eigenvalue weighted by atomic mass is 10.1. The molecule has 0 aromatic heterocycles. The maximum Gasteiger partial charge on any atom is 0.251 e. The van der Waals surface area contributed by atoms with Crippen LogP contribution in [0.15, 0.2) is 18.2 Å². The number of anilines is 2. The smallest absolute Gasteiger partial charge is 0.251 e. The molecule has 104 valence electrons. The van der Waals surface area contributed by atoms with Crippen molar-refractivity contribution in [2.45, 2.75) is 13.0 Å². The van der Waals surface area contributed by atoms with Crippen LogP contribution in [0.5, 0.6) is 0 Å². The van der Waals surface area contributed by atoms with Gasteiger partial charge in [0, 0.05) is 38.3 Å². The molecule has 1 unspecified atom stereocenters. The first kappa shape index (κ1) is 13.7. The molecule has 1 saturated heterocycles. The Kier molecular flexibility index (Phi) is 3.95. The van der Waals surface area contributed by atoms with Crippen LogP contribution in [0, 0.1) is 0 Å². The van der Waals surface area contributed by atoms with Gasteiger partial charge < -0.3 is 20.9 Å². The average Bonchev–Trinajstić information content (AvgIpc) is 2.41. The van der Waals surface area contributed by atoms with Crippen LogP contribution in [0.25, 0.3) is 0 Å². The third kappa shape index (κ3) is 2.81. The van der Waals surface area contributed by atoms with Crippen molar-refractivity contribution in [2.75, 3.05) is 44.4 Å². The van der Waals surface area contributed by atoms with E-state index in [-0.39, 0.29) is 5.91 Å². The molecule has 5 nitrogen and oxygen atoms in total. The Morgan fingerprint density at radius 3 is 2.74 bits per heavy atom. The summed E-state index contributed by atoms with van der Waals surface area (Å²) in [5, 5.41) is 2.61. The summed E-state index contributed by atoms with van der Waals surface area (Å²) in [5.74, 6) is -0.106. The second-order valence-electron chi connectivity index (χ2n) is 5.13. The van der Waals surface area contributed by atoms with Gasteiger partial charge in [0.05, 0.1) is 11.4 Å². The van der Waals surface area contributed by atoms with Crippen molar-refractivity contribution >= 4 is 17.3 Å². The monoisotopic (exact) mass is 262 g/mol. The molecule has 0 bridgehead atoms. The minimum absolute atomic E-state index is 0.106. The Bertz CT molecular complexity index is 475. The number of benzene rings is 1. The number of amides is 1. The van der Waals surface area contributed by atoms with Gasteiger partial charge in [0.25, 0.3) is 5.91 Å². The summed E-state index contributed by atoms with van der Waals surface area (Å²) in [5.41, 5.74) is 8.38. The fraction of sp³-hybridized carbons (Fsp3) is 0.500. The number of likely N-dealkylation sites (N-methyl/N-ethyl adjacent to an activating group) is 1. The molecule has 1 aromatic carbocycles. The van der Waals surface area contributed by atoms with E-state index in [2.05, 4.69) is 29.1 Å². The number of hydrogen-bond donors (Lipinski definition) is 2. The van der Waals surface area contributed by atoms with Crippen molar-refractivity contribution in [3.8, 4) is 0 Å². The molecular weight excluding hydrogens is 240 g/mol. The second-order valence-corrected chi connectivity index (χ2v) is 5.13. The van der Waals surface area contributed by atoms with E-state index in [9.17, 15) is 4.79 Å². The van der Waals surface area contributed by atoms with Crippen LogP contribution >= 0.6 is 0 Å². The predicted octanol–water partition coefficient (Wildman–Crippen LogP) is 0.769. The van der Waals surface area contributed by atoms with Crippen LogP contribution in [0.1, 0.15) is 17.3 Å². The van der Waals surface area contributed by atoms with E-state index in [1.807, 2.05) is 12.1 Å². The van der Waals surface area contributed by atoms with Crippen LogP contribution in [0.3, 0.4) is 0 Å². The van der Waals surface area contributed by atoms with Crippen LogP contribution in [0.2, 0.25) is 0 Å². The van der Waals surface area contributed by atoms with Gasteiger partial charge in [-0.25, -0.2) is 0 Å². The summed E-state index contributed by atoms with van der Waals surface area (Å²) in [6.07, 6.45) is 0. The number of carbonyl (C=O) groups excluding carboxylic acids is 1. The Morgan fingerprint density at radius 2 is 2.16 bits per heavy atom. The molecule has 19 heavy (non-hydrogen) atoms. The van der Waals surface area contributed by atoms with Crippen molar-refractivity contribution in [3.05, 3.63) is 23.8 Å². The molecule has 0 saturated carbocycles. The molecule has 0 spiro atoms. The second kappa shape index (κ2) is 5.48. The molecule has 1 aromatic rings. The molecule has 2 rings (SSSR count). The minimum Gasteiger partial charge on any atom is -0.397 e. The number of carbonyl (C=O) groups is 1. The van der Waals surface area contributed by atoms with Gasteiger partial charge in [-0.2, -0.15) is 0 Å². The summed E-state index contributed by atoms with van der Waals surface area (Å²) < 4.78 is 0. The van der Waals surface area contributed by atoms with Crippen LogP contribution < -0.4 is 16.0 Å². The largest absolute Gasteiger partial charge is 0.397 e. The van der Waals surface area contributed by atoms with Crippen LogP contribution in [0.4, 0.5) is 11.4 Å². The quantitative estimate of drug-likeness (QED) is 0.773. The lowest BCUT2D eigenvalue weighted by Crippen LogP contribution is -2.50. The van der Waals surface area contributed by atoms with Crippen molar-refractivity contribution < 1.29 is 4.79 Å². The minimum atomic E-state index is -0.106. The van der Waals surface area contributed by atoms with Gasteiger partial charge in [0.2, 0.25) is 0 Å². The maximum atomic E-state index is 11.6. The molecule has 1 fully saturated rings. The number of piperazine rings is 1. The zero-order valence-corrected chi connectivity index (χ0v) is 11.8. The van der Waals surface area contributed by atoms with Gasteiger partial charge in [-0.1, -0.05) is 0 Å². The first-order chi connectivity index (χ1) is 9.02. The summed E-state index contributed by atoms with van der Waals surface area (Å²) in [4.78, 5) is 16.2. The van der Waals surface area contributed by atoms with E-state index in [0.29, 0.717) is 17.3 Å². The van der Waals surface area contributed by atoms with Crippen molar-refractivity contribution in [2.24, 2.45) is 0 Å². The normalized spacial score (nSPS) is 20.4. The zero-order valence-electron chi connectivity index (χ0n) is 11.8. The Hall–Kier alpha value is -1.75. The molecule has 1 aliphatic rings. The first-order valence-corrected chi connectivity index (χ1v) is 6.59. The van der Waals surface area contributed by atoms with Gasteiger partial charge >= 0.3 is 0 Å².